The number of aliphatic hydroxyl groups excluding tert-OH is 1. The SMILES string of the molecule is COc1ccc([C@H](O)CNC(=O)c2cnccn2)cc1. The Morgan fingerprint density at radius 2 is 2.10 bits per heavy atom. The van der Waals surface area contributed by atoms with Gasteiger partial charge in [-0.25, -0.2) is 4.98 Å². The molecule has 1 aromatic heterocycles. The molecular weight excluding hydrogens is 258 g/mol. The second-order valence-corrected chi connectivity index (χ2v) is 4.09. The summed E-state index contributed by atoms with van der Waals surface area (Å²) in [6.07, 6.45) is 3.51. The molecule has 104 valence electrons. The van der Waals surface area contributed by atoms with Gasteiger partial charge in [-0.1, -0.05) is 12.1 Å². The number of hydrogen-bond acceptors (Lipinski definition) is 5. The van der Waals surface area contributed by atoms with Crippen LogP contribution in [0.5, 0.6) is 5.75 Å². The van der Waals surface area contributed by atoms with Crippen molar-refractivity contribution in [3.8, 4) is 5.75 Å². The van der Waals surface area contributed by atoms with Gasteiger partial charge in [-0.3, -0.25) is 9.78 Å². The van der Waals surface area contributed by atoms with Crippen LogP contribution < -0.4 is 10.1 Å². The van der Waals surface area contributed by atoms with Gasteiger partial charge in [-0.15, -0.1) is 0 Å². The van der Waals surface area contributed by atoms with Crippen LogP contribution in [0.15, 0.2) is 42.9 Å². The number of nitrogens with one attached hydrogen (secondary N) is 1. The number of aromatic nitrogens is 2. The Morgan fingerprint density at radius 3 is 2.70 bits per heavy atom. The highest BCUT2D eigenvalue weighted by Gasteiger charge is 2.11. The van der Waals surface area contributed by atoms with E-state index in [1.807, 2.05) is 0 Å². The first-order chi connectivity index (χ1) is 9.70. The van der Waals surface area contributed by atoms with E-state index in [1.165, 1.54) is 18.6 Å². The number of hydrogen-bond donors (Lipinski definition) is 2. The first-order valence-electron chi connectivity index (χ1n) is 6.07. The van der Waals surface area contributed by atoms with Crippen molar-refractivity contribution in [3.05, 3.63) is 54.1 Å². The topological polar surface area (TPSA) is 84.3 Å². The largest absolute Gasteiger partial charge is 0.497 e. The summed E-state index contributed by atoms with van der Waals surface area (Å²) in [5.74, 6) is 0.343. The van der Waals surface area contributed by atoms with E-state index in [0.717, 1.165) is 0 Å². The molecule has 20 heavy (non-hydrogen) atoms. The van der Waals surface area contributed by atoms with Crippen LogP contribution >= 0.6 is 0 Å². The van der Waals surface area contributed by atoms with Crippen molar-refractivity contribution in [1.29, 1.82) is 0 Å². The average Bonchev–Trinajstić information content (AvgIpc) is 2.53. The van der Waals surface area contributed by atoms with Gasteiger partial charge in [0, 0.05) is 18.9 Å². The zero-order valence-corrected chi connectivity index (χ0v) is 11.0. The lowest BCUT2D eigenvalue weighted by atomic mass is 10.1. The Kier molecular flexibility index (Phi) is 4.62. The number of aliphatic hydroxyl groups is 1. The summed E-state index contributed by atoms with van der Waals surface area (Å²) in [4.78, 5) is 19.4. The predicted molar refractivity (Wildman–Crippen MR) is 72.3 cm³/mol. The number of methoxy groups -OCH3 is 1. The first-order valence-corrected chi connectivity index (χ1v) is 6.07. The van der Waals surface area contributed by atoms with Crippen LogP contribution in [0.25, 0.3) is 0 Å². The van der Waals surface area contributed by atoms with Gasteiger partial charge in [0.05, 0.1) is 19.4 Å². The molecule has 2 N–H and O–H groups in total. The van der Waals surface area contributed by atoms with E-state index < -0.39 is 6.10 Å². The summed E-state index contributed by atoms with van der Waals surface area (Å²) in [5.41, 5.74) is 0.916. The van der Waals surface area contributed by atoms with Crippen LogP contribution in [0.4, 0.5) is 0 Å². The standard InChI is InChI=1S/C14H15N3O3/c1-20-11-4-2-10(3-5-11)13(18)9-17-14(19)12-8-15-6-7-16-12/h2-8,13,18H,9H2,1H3,(H,17,19)/t13-/m1/s1. The number of ether oxygens (including phenoxy) is 1. The van der Waals surface area contributed by atoms with E-state index >= 15 is 0 Å². The maximum Gasteiger partial charge on any atom is 0.271 e. The third-order valence-electron chi connectivity index (χ3n) is 2.75. The van der Waals surface area contributed by atoms with Crippen LogP contribution in [-0.4, -0.2) is 34.6 Å². The number of carbonyl (C=O) groups excluding carboxylic acids is 1. The lowest BCUT2D eigenvalue weighted by molar-refractivity contribution is 0.0911. The molecule has 2 rings (SSSR count). The van der Waals surface area contributed by atoms with E-state index in [-0.39, 0.29) is 18.1 Å². The van der Waals surface area contributed by atoms with Crippen molar-refractivity contribution in [2.24, 2.45) is 0 Å². The summed E-state index contributed by atoms with van der Waals surface area (Å²) in [6.45, 7) is 0.0989. The Bertz CT molecular complexity index is 558. The van der Waals surface area contributed by atoms with Crippen LogP contribution in [0, 0.1) is 0 Å². The fourth-order valence-corrected chi connectivity index (χ4v) is 1.64. The molecule has 0 aliphatic heterocycles. The molecule has 0 unspecified atom stereocenters. The van der Waals surface area contributed by atoms with Crippen molar-refractivity contribution < 1.29 is 14.6 Å². The fraction of sp³-hybridized carbons (Fsp3) is 0.214. The molecule has 2 aromatic rings. The Balaban J connectivity index is 1.91. The van der Waals surface area contributed by atoms with Gasteiger partial charge in [0.1, 0.15) is 11.4 Å². The quantitative estimate of drug-likeness (QED) is 0.847. The van der Waals surface area contributed by atoms with Gasteiger partial charge in [0.25, 0.3) is 5.91 Å². The number of amides is 1. The minimum Gasteiger partial charge on any atom is -0.497 e. The molecule has 0 aliphatic rings. The molecule has 0 bridgehead atoms. The normalized spacial score (nSPS) is 11.7. The highest BCUT2D eigenvalue weighted by molar-refractivity contribution is 5.91. The van der Waals surface area contributed by atoms with Crippen LogP contribution in [0.3, 0.4) is 0 Å². The van der Waals surface area contributed by atoms with Crippen molar-refractivity contribution in [3.63, 3.8) is 0 Å². The molecule has 6 heteroatoms. The summed E-state index contributed by atoms with van der Waals surface area (Å²) in [7, 11) is 1.58. The lowest BCUT2D eigenvalue weighted by Gasteiger charge is -2.12. The molecule has 0 saturated carbocycles. The molecule has 1 aromatic carbocycles. The highest BCUT2D eigenvalue weighted by atomic mass is 16.5. The van der Waals surface area contributed by atoms with Gasteiger partial charge in [0.15, 0.2) is 0 Å². The molecule has 0 aliphatic carbocycles. The maximum absolute atomic E-state index is 11.7. The van der Waals surface area contributed by atoms with Gasteiger partial charge in [0.2, 0.25) is 0 Å². The minimum absolute atomic E-state index is 0.0989. The number of rotatable bonds is 5. The van der Waals surface area contributed by atoms with E-state index in [0.29, 0.717) is 11.3 Å². The lowest BCUT2D eigenvalue weighted by Crippen LogP contribution is -2.29. The second-order valence-electron chi connectivity index (χ2n) is 4.09. The molecule has 1 atom stereocenters. The van der Waals surface area contributed by atoms with E-state index in [2.05, 4.69) is 15.3 Å². The van der Waals surface area contributed by atoms with Crippen molar-refractivity contribution in [2.45, 2.75) is 6.10 Å². The van der Waals surface area contributed by atoms with Crippen molar-refractivity contribution in [2.75, 3.05) is 13.7 Å². The molecular formula is C14H15N3O3. The van der Waals surface area contributed by atoms with Crippen LogP contribution in [-0.2, 0) is 0 Å². The van der Waals surface area contributed by atoms with E-state index in [4.69, 9.17) is 4.74 Å². The summed E-state index contributed by atoms with van der Waals surface area (Å²) >= 11 is 0. The predicted octanol–water partition coefficient (Wildman–Crippen LogP) is 0.949. The maximum atomic E-state index is 11.7. The second kappa shape index (κ2) is 6.63. The number of nitrogens with zero attached hydrogens (tertiary/aromatic N) is 2. The summed E-state index contributed by atoms with van der Waals surface area (Å²) in [6, 6.07) is 7.00. The third-order valence-corrected chi connectivity index (χ3v) is 2.75. The number of benzene rings is 1. The molecule has 0 saturated heterocycles. The Hall–Kier alpha value is -2.47. The molecule has 1 amide bonds. The summed E-state index contributed by atoms with van der Waals surface area (Å²) in [5, 5.41) is 12.6. The molecule has 1 heterocycles. The monoisotopic (exact) mass is 273 g/mol. The first kappa shape index (κ1) is 14.0. The van der Waals surface area contributed by atoms with Gasteiger partial charge in [-0.05, 0) is 17.7 Å². The van der Waals surface area contributed by atoms with Crippen LogP contribution in [0.2, 0.25) is 0 Å². The van der Waals surface area contributed by atoms with Crippen molar-refractivity contribution in [1.82, 2.24) is 15.3 Å². The van der Waals surface area contributed by atoms with Crippen LogP contribution in [0.1, 0.15) is 22.2 Å². The zero-order valence-electron chi connectivity index (χ0n) is 11.0. The fourth-order valence-electron chi connectivity index (χ4n) is 1.64. The van der Waals surface area contributed by atoms with E-state index in [1.54, 1.807) is 31.4 Å². The molecule has 6 nitrogen and oxygen atoms in total. The van der Waals surface area contributed by atoms with Crippen molar-refractivity contribution >= 4 is 5.91 Å². The molecule has 0 radical (unpaired) electrons. The average molecular weight is 273 g/mol. The Morgan fingerprint density at radius 1 is 1.35 bits per heavy atom. The van der Waals surface area contributed by atoms with E-state index in [9.17, 15) is 9.90 Å². The third kappa shape index (κ3) is 3.52. The number of carbonyl (C=O) groups is 1. The van der Waals surface area contributed by atoms with Gasteiger partial charge >= 0.3 is 0 Å². The smallest absolute Gasteiger partial charge is 0.271 e. The molecule has 0 spiro atoms. The molecule has 0 fully saturated rings. The van der Waals surface area contributed by atoms with Gasteiger partial charge < -0.3 is 15.2 Å². The zero-order chi connectivity index (χ0) is 14.4. The van der Waals surface area contributed by atoms with Gasteiger partial charge in [-0.2, -0.15) is 0 Å². The summed E-state index contributed by atoms with van der Waals surface area (Å²) < 4.78 is 5.04. The Labute approximate surface area is 116 Å². The highest BCUT2D eigenvalue weighted by Crippen LogP contribution is 2.16. The minimum atomic E-state index is -0.790.